The average Bonchev–Trinajstić information content (AvgIpc) is 3.56. The summed E-state index contributed by atoms with van der Waals surface area (Å²) < 4.78 is 7.24. The molecule has 2 aliphatic rings. The molecule has 2 saturated heterocycles. The minimum Gasteiger partial charge on any atom is -0.394 e. The molecule has 3 aromatic rings. The largest absolute Gasteiger partial charge is 0.394 e. The van der Waals surface area contributed by atoms with Gasteiger partial charge in [0, 0.05) is 17.6 Å². The molecule has 0 saturated carbocycles. The van der Waals surface area contributed by atoms with Crippen LogP contribution in [-0.2, 0) is 4.74 Å². The normalized spacial score (nSPS) is 27.9. The van der Waals surface area contributed by atoms with Crippen molar-refractivity contribution in [3.05, 3.63) is 31.0 Å². The van der Waals surface area contributed by atoms with Crippen LogP contribution in [0.1, 0.15) is 12.6 Å². The smallest absolute Gasteiger partial charge is 0.167 e. The van der Waals surface area contributed by atoms with Crippen molar-refractivity contribution in [1.29, 1.82) is 0 Å². The number of nitrogens with zero attached hydrogens (tertiary/aromatic N) is 6. The van der Waals surface area contributed by atoms with Crippen LogP contribution in [0.3, 0.4) is 0 Å². The lowest BCUT2D eigenvalue weighted by Crippen LogP contribution is -2.34. The lowest BCUT2D eigenvalue weighted by Gasteiger charge is -2.28. The second kappa shape index (κ2) is 8.89. The highest BCUT2D eigenvalue weighted by Gasteiger charge is 2.44. The number of hydrogen-bond acceptors (Lipinski definition) is 11. The molecule has 12 heteroatoms. The van der Waals surface area contributed by atoms with Crippen molar-refractivity contribution >= 4 is 34.6 Å². The Balaban J connectivity index is 1.58. The molecule has 0 amide bonds. The third kappa shape index (κ3) is 3.62. The standard InChI is InChI=1S/C20H25N7O4S/c1-32-12-2-3-14(22-7-12)27(11-4-5-21-6-11)19-15-18(23-9-24-19)26(10-25-15)20-17(30)16(29)13(8-28)31-20/h2-3,7,9-11,13,16-17,20-21,28-30H,4-6,8H2,1H3/t11-,13+,16-,17-,20+/m0/s1. The molecule has 5 heterocycles. The maximum atomic E-state index is 10.5. The number of aromatic nitrogens is 5. The summed E-state index contributed by atoms with van der Waals surface area (Å²) in [5.41, 5.74) is 0.995. The number of hydrogen-bond donors (Lipinski definition) is 4. The molecule has 0 unspecified atom stereocenters. The molecule has 2 fully saturated rings. The van der Waals surface area contributed by atoms with Crippen molar-refractivity contribution in [2.45, 2.75) is 41.9 Å². The van der Waals surface area contributed by atoms with Crippen LogP contribution in [0.25, 0.3) is 11.2 Å². The zero-order valence-electron chi connectivity index (χ0n) is 17.4. The monoisotopic (exact) mass is 459 g/mol. The van der Waals surface area contributed by atoms with Crippen LogP contribution in [0.4, 0.5) is 11.6 Å². The van der Waals surface area contributed by atoms with E-state index in [1.165, 1.54) is 12.7 Å². The number of imidazole rings is 1. The van der Waals surface area contributed by atoms with Crippen molar-refractivity contribution in [2.75, 3.05) is 30.9 Å². The quantitative estimate of drug-likeness (QED) is 0.372. The van der Waals surface area contributed by atoms with E-state index >= 15 is 0 Å². The third-order valence-corrected chi connectivity index (χ3v) is 6.67. The Morgan fingerprint density at radius 3 is 2.75 bits per heavy atom. The predicted molar refractivity (Wildman–Crippen MR) is 118 cm³/mol. The Labute approximate surface area is 188 Å². The Bertz CT molecular complexity index is 1080. The van der Waals surface area contributed by atoms with Gasteiger partial charge in [0.05, 0.1) is 19.0 Å². The van der Waals surface area contributed by atoms with E-state index in [0.29, 0.717) is 17.0 Å². The Hall–Kier alpha value is -2.35. The highest BCUT2D eigenvalue weighted by atomic mass is 32.2. The number of ether oxygens (including phenoxy) is 1. The number of thioether (sulfide) groups is 1. The summed E-state index contributed by atoms with van der Waals surface area (Å²) in [6.07, 6.45) is 3.50. The van der Waals surface area contributed by atoms with E-state index < -0.39 is 31.1 Å². The Morgan fingerprint density at radius 2 is 2.09 bits per heavy atom. The SMILES string of the molecule is CSc1ccc(N(c2ncnc3c2ncn3[C@@H]2O[C@H](CO)[C@H](O)[C@@H]2O)[C@H]2CCNC2)nc1. The van der Waals surface area contributed by atoms with Gasteiger partial charge in [-0.3, -0.25) is 4.57 Å². The number of anilines is 2. The van der Waals surface area contributed by atoms with Crippen molar-refractivity contribution in [1.82, 2.24) is 29.8 Å². The number of nitrogens with one attached hydrogen (secondary N) is 1. The number of fused-ring (bicyclic) bond motifs is 1. The summed E-state index contributed by atoms with van der Waals surface area (Å²) in [5, 5.41) is 33.4. The molecular formula is C20H25N7O4S. The van der Waals surface area contributed by atoms with Crippen LogP contribution < -0.4 is 10.2 Å². The summed E-state index contributed by atoms with van der Waals surface area (Å²) in [7, 11) is 0. The molecule has 5 rings (SSSR count). The second-order valence-electron chi connectivity index (χ2n) is 7.82. The molecule has 2 aliphatic heterocycles. The van der Waals surface area contributed by atoms with Crippen molar-refractivity contribution in [3.8, 4) is 0 Å². The first kappa shape index (κ1) is 21.5. The summed E-state index contributed by atoms with van der Waals surface area (Å²) >= 11 is 1.63. The second-order valence-corrected chi connectivity index (χ2v) is 8.70. The van der Waals surface area contributed by atoms with E-state index in [2.05, 4.69) is 30.2 Å². The molecule has 170 valence electrons. The van der Waals surface area contributed by atoms with Crippen LogP contribution in [0.15, 0.2) is 35.9 Å². The van der Waals surface area contributed by atoms with Gasteiger partial charge in [-0.05, 0) is 31.4 Å². The molecule has 0 radical (unpaired) electrons. The number of pyridine rings is 1. The van der Waals surface area contributed by atoms with Crippen LogP contribution in [0.5, 0.6) is 0 Å². The number of aliphatic hydroxyl groups is 3. The lowest BCUT2D eigenvalue weighted by molar-refractivity contribution is -0.0511. The molecule has 4 N–H and O–H groups in total. The highest BCUT2D eigenvalue weighted by Crippen LogP contribution is 2.35. The van der Waals surface area contributed by atoms with Gasteiger partial charge in [-0.2, -0.15) is 0 Å². The van der Waals surface area contributed by atoms with E-state index in [0.717, 1.165) is 30.2 Å². The van der Waals surface area contributed by atoms with E-state index in [1.54, 1.807) is 16.3 Å². The predicted octanol–water partition coefficient (Wildman–Crippen LogP) is 0.0547. The summed E-state index contributed by atoms with van der Waals surface area (Å²) in [5.74, 6) is 1.37. The fourth-order valence-corrected chi connectivity index (χ4v) is 4.64. The first-order valence-corrected chi connectivity index (χ1v) is 11.6. The fourth-order valence-electron chi connectivity index (χ4n) is 4.28. The van der Waals surface area contributed by atoms with Gasteiger partial charge in [0.25, 0.3) is 0 Å². The topological polar surface area (TPSA) is 142 Å². The highest BCUT2D eigenvalue weighted by molar-refractivity contribution is 7.98. The molecule has 5 atom stereocenters. The summed E-state index contributed by atoms with van der Waals surface area (Å²) in [4.78, 5) is 21.3. The van der Waals surface area contributed by atoms with Gasteiger partial charge < -0.3 is 30.3 Å². The molecule has 11 nitrogen and oxygen atoms in total. The molecule has 0 aliphatic carbocycles. The third-order valence-electron chi connectivity index (χ3n) is 5.96. The maximum Gasteiger partial charge on any atom is 0.167 e. The Morgan fingerprint density at radius 1 is 1.22 bits per heavy atom. The van der Waals surface area contributed by atoms with Crippen LogP contribution in [0.2, 0.25) is 0 Å². The molecule has 0 bridgehead atoms. The van der Waals surface area contributed by atoms with Gasteiger partial charge in [0.15, 0.2) is 23.2 Å². The fraction of sp³-hybridized carbons (Fsp3) is 0.500. The minimum absolute atomic E-state index is 0.139. The summed E-state index contributed by atoms with van der Waals surface area (Å²) in [6.45, 7) is 1.28. The van der Waals surface area contributed by atoms with E-state index in [4.69, 9.17) is 4.74 Å². The summed E-state index contributed by atoms with van der Waals surface area (Å²) in [6, 6.07) is 4.14. The molecular weight excluding hydrogens is 434 g/mol. The van der Waals surface area contributed by atoms with Crippen molar-refractivity contribution in [3.63, 3.8) is 0 Å². The molecule has 32 heavy (non-hydrogen) atoms. The van der Waals surface area contributed by atoms with Gasteiger partial charge in [-0.25, -0.2) is 19.9 Å². The maximum absolute atomic E-state index is 10.5. The number of aliphatic hydroxyl groups excluding tert-OH is 3. The number of rotatable bonds is 6. The van der Waals surface area contributed by atoms with E-state index in [1.807, 2.05) is 24.6 Å². The van der Waals surface area contributed by atoms with Crippen LogP contribution in [0, 0.1) is 0 Å². The lowest BCUT2D eigenvalue weighted by atomic mass is 10.1. The van der Waals surface area contributed by atoms with E-state index in [-0.39, 0.29) is 6.04 Å². The van der Waals surface area contributed by atoms with Crippen LogP contribution in [-0.4, -0.2) is 90.1 Å². The van der Waals surface area contributed by atoms with Crippen molar-refractivity contribution in [2.24, 2.45) is 0 Å². The van der Waals surface area contributed by atoms with Crippen LogP contribution >= 0.6 is 11.8 Å². The first-order chi connectivity index (χ1) is 15.6. The van der Waals surface area contributed by atoms with Gasteiger partial charge in [0.1, 0.15) is 30.5 Å². The van der Waals surface area contributed by atoms with E-state index in [9.17, 15) is 15.3 Å². The average molecular weight is 460 g/mol. The van der Waals surface area contributed by atoms with Gasteiger partial charge in [-0.15, -0.1) is 11.8 Å². The van der Waals surface area contributed by atoms with Gasteiger partial charge >= 0.3 is 0 Å². The molecule has 0 aromatic carbocycles. The van der Waals surface area contributed by atoms with Crippen molar-refractivity contribution < 1.29 is 20.1 Å². The van der Waals surface area contributed by atoms with Gasteiger partial charge in [-0.1, -0.05) is 0 Å². The zero-order chi connectivity index (χ0) is 22.2. The molecule has 0 spiro atoms. The first-order valence-electron chi connectivity index (χ1n) is 10.4. The van der Waals surface area contributed by atoms with Gasteiger partial charge in [0.2, 0.25) is 0 Å². The molecule has 3 aromatic heterocycles. The zero-order valence-corrected chi connectivity index (χ0v) is 18.3. The Kier molecular flexibility index (Phi) is 5.97. The minimum atomic E-state index is -1.22.